The Morgan fingerprint density at radius 1 is 1.33 bits per heavy atom. The van der Waals surface area contributed by atoms with Crippen molar-refractivity contribution in [2.45, 2.75) is 25.1 Å². The van der Waals surface area contributed by atoms with Crippen molar-refractivity contribution >= 4 is 33.2 Å². The maximum absolute atomic E-state index is 11.5. The van der Waals surface area contributed by atoms with E-state index in [1.54, 1.807) is 12.1 Å². The predicted octanol–water partition coefficient (Wildman–Crippen LogP) is 2.53. The third-order valence-electron chi connectivity index (χ3n) is 4.34. The second-order valence-electron chi connectivity index (χ2n) is 6.79. The zero-order chi connectivity index (χ0) is 19.6. The molecule has 1 unspecified atom stereocenters. The fourth-order valence-electron chi connectivity index (χ4n) is 3.26. The second-order valence-corrected chi connectivity index (χ2v) is 9.34. The molecule has 1 aliphatic rings. The lowest BCUT2D eigenvalue weighted by molar-refractivity contribution is 0.134. The van der Waals surface area contributed by atoms with Crippen LogP contribution >= 0.6 is 11.6 Å². The molecule has 1 aliphatic heterocycles. The van der Waals surface area contributed by atoms with Crippen LogP contribution in [0.25, 0.3) is 0 Å². The molecule has 2 N–H and O–H groups in total. The van der Waals surface area contributed by atoms with Crippen LogP contribution in [0.4, 0.5) is 11.8 Å². The molecule has 0 aliphatic carbocycles. The van der Waals surface area contributed by atoms with E-state index in [4.69, 9.17) is 22.1 Å². The number of ether oxygens (including phenoxy) is 1. The topological polar surface area (TPSA) is 98.4 Å². The largest absolute Gasteiger partial charge is 0.379 e. The summed E-state index contributed by atoms with van der Waals surface area (Å²) in [5.41, 5.74) is 8.15. The van der Waals surface area contributed by atoms with Crippen molar-refractivity contribution < 1.29 is 13.2 Å². The van der Waals surface area contributed by atoms with Crippen molar-refractivity contribution in [3.05, 3.63) is 46.1 Å². The standard InChI is InChI=1S/C18H23ClN4O3S/c1-12-8-17(22-18(20)21-12)23-6-3-7-26-10-16(23)14-5-4-13(9-15(14)19)11-27(2,24)25/h4-5,8-9,16H,3,6-7,10-11H2,1-2H3,(H2,20,21,22). The van der Waals surface area contributed by atoms with E-state index < -0.39 is 9.84 Å². The van der Waals surface area contributed by atoms with Gasteiger partial charge in [-0.2, -0.15) is 4.98 Å². The maximum Gasteiger partial charge on any atom is 0.222 e. The van der Waals surface area contributed by atoms with Crippen molar-refractivity contribution in [2.75, 3.05) is 36.6 Å². The number of halogens is 1. The lowest BCUT2D eigenvalue weighted by atomic mass is 10.0. The van der Waals surface area contributed by atoms with Gasteiger partial charge in [0.1, 0.15) is 5.82 Å². The van der Waals surface area contributed by atoms with E-state index in [1.165, 1.54) is 6.26 Å². The fraction of sp³-hybridized carbons (Fsp3) is 0.444. The third-order valence-corrected chi connectivity index (χ3v) is 5.53. The Morgan fingerprint density at radius 2 is 2.11 bits per heavy atom. The van der Waals surface area contributed by atoms with Gasteiger partial charge in [0.15, 0.2) is 9.84 Å². The molecule has 0 amide bonds. The van der Waals surface area contributed by atoms with Crippen LogP contribution in [0.1, 0.15) is 29.3 Å². The van der Waals surface area contributed by atoms with Crippen LogP contribution in [-0.4, -0.2) is 44.4 Å². The van der Waals surface area contributed by atoms with E-state index in [-0.39, 0.29) is 17.7 Å². The summed E-state index contributed by atoms with van der Waals surface area (Å²) in [6, 6.07) is 7.11. The monoisotopic (exact) mass is 410 g/mol. The first-order chi connectivity index (χ1) is 12.7. The highest BCUT2D eigenvalue weighted by Gasteiger charge is 2.27. The smallest absolute Gasteiger partial charge is 0.222 e. The Hall–Kier alpha value is -1.90. The van der Waals surface area contributed by atoms with E-state index in [0.717, 1.165) is 30.0 Å². The number of aryl methyl sites for hydroxylation is 1. The minimum atomic E-state index is -3.13. The van der Waals surface area contributed by atoms with Crippen LogP contribution in [0.15, 0.2) is 24.3 Å². The number of sulfone groups is 1. The van der Waals surface area contributed by atoms with Gasteiger partial charge in [-0.05, 0) is 30.5 Å². The number of anilines is 2. The number of hydrogen-bond donors (Lipinski definition) is 1. The van der Waals surface area contributed by atoms with Gasteiger partial charge >= 0.3 is 0 Å². The highest BCUT2D eigenvalue weighted by atomic mass is 35.5. The highest BCUT2D eigenvalue weighted by Crippen LogP contribution is 2.33. The number of nitrogen functional groups attached to an aromatic ring is 1. The van der Waals surface area contributed by atoms with Crippen molar-refractivity contribution in [3.8, 4) is 0 Å². The molecular formula is C18H23ClN4O3S. The molecule has 0 saturated carbocycles. The van der Waals surface area contributed by atoms with E-state index in [9.17, 15) is 8.42 Å². The summed E-state index contributed by atoms with van der Waals surface area (Å²) in [7, 11) is -3.13. The summed E-state index contributed by atoms with van der Waals surface area (Å²) in [6.45, 7) is 3.71. The number of nitrogens with two attached hydrogens (primary N) is 1. The van der Waals surface area contributed by atoms with Gasteiger partial charge in [0.25, 0.3) is 0 Å². The molecule has 1 fully saturated rings. The van der Waals surface area contributed by atoms with Crippen molar-refractivity contribution in [1.82, 2.24) is 9.97 Å². The number of aromatic nitrogens is 2. The third kappa shape index (κ3) is 5.09. The minimum Gasteiger partial charge on any atom is -0.379 e. The molecule has 0 radical (unpaired) electrons. The average Bonchev–Trinajstić information content (AvgIpc) is 2.78. The molecule has 146 valence electrons. The van der Waals surface area contributed by atoms with Crippen LogP contribution in [0, 0.1) is 6.92 Å². The minimum absolute atomic E-state index is 0.0421. The lowest BCUT2D eigenvalue weighted by Gasteiger charge is -2.31. The van der Waals surface area contributed by atoms with Gasteiger partial charge in [0.2, 0.25) is 5.95 Å². The van der Waals surface area contributed by atoms with E-state index in [2.05, 4.69) is 14.9 Å². The molecule has 1 aromatic carbocycles. The Morgan fingerprint density at radius 3 is 2.78 bits per heavy atom. The Kier molecular flexibility index (Phi) is 5.88. The summed E-state index contributed by atoms with van der Waals surface area (Å²) in [4.78, 5) is 10.6. The van der Waals surface area contributed by atoms with E-state index in [1.807, 2.05) is 19.1 Å². The molecular weight excluding hydrogens is 388 g/mol. The first-order valence-electron chi connectivity index (χ1n) is 8.64. The number of nitrogens with zero attached hydrogens (tertiary/aromatic N) is 3. The second kappa shape index (κ2) is 8.00. The molecule has 3 rings (SSSR count). The van der Waals surface area contributed by atoms with Crippen LogP contribution < -0.4 is 10.6 Å². The Labute approximate surface area is 164 Å². The zero-order valence-electron chi connectivity index (χ0n) is 15.4. The number of rotatable bonds is 4. The SMILES string of the molecule is Cc1cc(N2CCCOCC2c2ccc(CS(C)(=O)=O)cc2Cl)nc(N)n1. The summed E-state index contributed by atoms with van der Waals surface area (Å²) < 4.78 is 28.9. The van der Waals surface area contributed by atoms with Crippen molar-refractivity contribution in [1.29, 1.82) is 0 Å². The predicted molar refractivity (Wildman–Crippen MR) is 107 cm³/mol. The normalized spacial score (nSPS) is 18.3. The van der Waals surface area contributed by atoms with E-state index >= 15 is 0 Å². The molecule has 27 heavy (non-hydrogen) atoms. The zero-order valence-corrected chi connectivity index (χ0v) is 16.9. The summed E-state index contributed by atoms with van der Waals surface area (Å²) >= 11 is 6.53. The molecule has 0 spiro atoms. The van der Waals surface area contributed by atoms with Crippen LogP contribution in [0.3, 0.4) is 0 Å². The summed E-state index contributed by atoms with van der Waals surface area (Å²) in [6.07, 6.45) is 2.06. The summed E-state index contributed by atoms with van der Waals surface area (Å²) in [5.74, 6) is 0.912. The molecule has 7 nitrogen and oxygen atoms in total. The van der Waals surface area contributed by atoms with Crippen LogP contribution in [-0.2, 0) is 20.3 Å². The van der Waals surface area contributed by atoms with Gasteiger partial charge in [-0.25, -0.2) is 13.4 Å². The summed E-state index contributed by atoms with van der Waals surface area (Å²) in [5, 5.41) is 0.510. The highest BCUT2D eigenvalue weighted by molar-refractivity contribution is 7.89. The van der Waals surface area contributed by atoms with Crippen molar-refractivity contribution in [2.24, 2.45) is 0 Å². The molecule has 2 heterocycles. The van der Waals surface area contributed by atoms with Gasteiger partial charge in [-0.3, -0.25) is 0 Å². The fourth-order valence-corrected chi connectivity index (χ4v) is 4.38. The first kappa shape index (κ1) is 19.9. The molecule has 2 aromatic rings. The van der Waals surface area contributed by atoms with Gasteiger partial charge in [0, 0.05) is 36.2 Å². The van der Waals surface area contributed by atoms with Gasteiger partial charge in [-0.15, -0.1) is 0 Å². The number of benzene rings is 1. The maximum atomic E-state index is 11.5. The van der Waals surface area contributed by atoms with Gasteiger partial charge in [-0.1, -0.05) is 23.7 Å². The quantitative estimate of drug-likeness (QED) is 0.826. The molecule has 9 heteroatoms. The Balaban J connectivity index is 1.98. The van der Waals surface area contributed by atoms with Crippen molar-refractivity contribution in [3.63, 3.8) is 0 Å². The van der Waals surface area contributed by atoms with Crippen LogP contribution in [0.5, 0.6) is 0 Å². The van der Waals surface area contributed by atoms with Gasteiger partial charge < -0.3 is 15.4 Å². The molecule has 1 saturated heterocycles. The number of hydrogen-bond acceptors (Lipinski definition) is 7. The lowest BCUT2D eigenvalue weighted by Crippen LogP contribution is -2.32. The van der Waals surface area contributed by atoms with Gasteiger partial charge in [0.05, 0.1) is 18.4 Å². The molecule has 0 bridgehead atoms. The molecule has 1 atom stereocenters. The first-order valence-corrected chi connectivity index (χ1v) is 11.1. The average molecular weight is 411 g/mol. The van der Waals surface area contributed by atoms with Crippen LogP contribution in [0.2, 0.25) is 5.02 Å². The molecule has 1 aromatic heterocycles. The Bertz CT molecular complexity index is 916. The van der Waals surface area contributed by atoms with E-state index in [0.29, 0.717) is 23.8 Å².